The monoisotopic (exact) mass is 193 g/mol. The van der Waals surface area contributed by atoms with Crippen molar-refractivity contribution in [2.24, 2.45) is 0 Å². The average molecular weight is 194 g/mol. The summed E-state index contributed by atoms with van der Waals surface area (Å²) in [6.07, 6.45) is 0. The first kappa shape index (κ1) is 8.26. The summed E-state index contributed by atoms with van der Waals surface area (Å²) in [6, 6.07) is 9.84. The number of hydrogen-bond acceptors (Lipinski definition) is 2. The molecule has 0 radical (unpaired) electrons. The van der Waals surface area contributed by atoms with Crippen LogP contribution in [0.15, 0.2) is 30.3 Å². The Kier molecular flexibility index (Phi) is 2.27. The van der Waals surface area contributed by atoms with Crippen LogP contribution in [-0.4, -0.2) is 15.4 Å². The molecule has 1 N–H and O–H groups in total. The molecule has 2 rings (SSSR count). The number of nitrogens with zero attached hydrogens (tertiary/aromatic N) is 2. The molecule has 0 amide bonds. The second kappa shape index (κ2) is 3.58. The van der Waals surface area contributed by atoms with E-state index >= 15 is 0 Å². The van der Waals surface area contributed by atoms with Gasteiger partial charge in [0.25, 0.3) is 0 Å². The second-order valence-electron chi connectivity index (χ2n) is 2.64. The molecule has 0 saturated heterocycles. The van der Waals surface area contributed by atoms with Crippen LogP contribution >= 0.6 is 11.6 Å². The minimum Gasteiger partial charge on any atom is -0.260 e. The molecule has 3 nitrogen and oxygen atoms in total. The number of hydrogen-bond donors (Lipinski definition) is 1. The minimum atomic E-state index is 0.400. The summed E-state index contributed by atoms with van der Waals surface area (Å²) in [7, 11) is 0. The highest BCUT2D eigenvalue weighted by Gasteiger charge is 2.06. The van der Waals surface area contributed by atoms with Crippen molar-refractivity contribution in [1.82, 2.24) is 15.4 Å². The van der Waals surface area contributed by atoms with E-state index in [1.54, 1.807) is 0 Å². The zero-order chi connectivity index (χ0) is 9.10. The lowest BCUT2D eigenvalue weighted by Crippen LogP contribution is -1.83. The fraction of sp³-hybridized carbons (Fsp3) is 0.111. The topological polar surface area (TPSA) is 41.6 Å². The molecule has 0 aliphatic rings. The number of benzene rings is 1. The third kappa shape index (κ3) is 1.55. The van der Waals surface area contributed by atoms with Gasteiger partial charge in [-0.05, 0) is 0 Å². The van der Waals surface area contributed by atoms with E-state index in [4.69, 9.17) is 11.6 Å². The Bertz CT molecular complexity index is 383. The van der Waals surface area contributed by atoms with Crippen LogP contribution in [-0.2, 0) is 5.88 Å². The third-order valence-corrected chi connectivity index (χ3v) is 2.07. The molecule has 1 aromatic heterocycles. The molecule has 0 atom stereocenters. The van der Waals surface area contributed by atoms with Crippen molar-refractivity contribution < 1.29 is 0 Å². The molecule has 0 saturated carbocycles. The van der Waals surface area contributed by atoms with Crippen LogP contribution in [0.5, 0.6) is 0 Å². The Morgan fingerprint density at radius 2 is 2.00 bits per heavy atom. The van der Waals surface area contributed by atoms with Crippen molar-refractivity contribution in [3.63, 3.8) is 0 Å². The molecule has 0 bridgehead atoms. The van der Waals surface area contributed by atoms with Gasteiger partial charge in [0.05, 0.1) is 11.6 Å². The number of aromatic amines is 1. The summed E-state index contributed by atoms with van der Waals surface area (Å²) in [5, 5.41) is 10.4. The fourth-order valence-electron chi connectivity index (χ4n) is 1.17. The predicted octanol–water partition coefficient (Wildman–Crippen LogP) is 2.21. The molecule has 0 aliphatic carbocycles. The second-order valence-corrected chi connectivity index (χ2v) is 2.91. The number of H-pyrrole nitrogens is 1. The lowest BCUT2D eigenvalue weighted by molar-refractivity contribution is 0.926. The maximum absolute atomic E-state index is 5.71. The SMILES string of the molecule is ClCc1[nH]nnc1-c1ccccc1. The van der Waals surface area contributed by atoms with E-state index in [1.807, 2.05) is 30.3 Å². The summed E-state index contributed by atoms with van der Waals surface area (Å²) < 4.78 is 0. The van der Waals surface area contributed by atoms with Gasteiger partial charge in [-0.25, -0.2) is 0 Å². The smallest absolute Gasteiger partial charge is 0.117 e. The number of nitrogens with one attached hydrogen (secondary N) is 1. The molecule has 1 aromatic carbocycles. The highest BCUT2D eigenvalue weighted by molar-refractivity contribution is 6.17. The number of aromatic nitrogens is 3. The first-order valence-corrected chi connectivity index (χ1v) is 4.46. The van der Waals surface area contributed by atoms with Crippen LogP contribution in [0.1, 0.15) is 5.69 Å². The van der Waals surface area contributed by atoms with Gasteiger partial charge in [-0.2, -0.15) is 0 Å². The van der Waals surface area contributed by atoms with Crippen molar-refractivity contribution in [2.75, 3.05) is 0 Å². The molecule has 4 heteroatoms. The van der Waals surface area contributed by atoms with Crippen LogP contribution < -0.4 is 0 Å². The van der Waals surface area contributed by atoms with Gasteiger partial charge in [0.2, 0.25) is 0 Å². The van der Waals surface area contributed by atoms with Gasteiger partial charge in [-0.3, -0.25) is 5.10 Å². The van der Waals surface area contributed by atoms with E-state index < -0.39 is 0 Å². The molecule has 0 unspecified atom stereocenters. The first-order valence-electron chi connectivity index (χ1n) is 3.93. The Labute approximate surface area is 80.7 Å². The zero-order valence-corrected chi connectivity index (χ0v) is 7.62. The summed E-state index contributed by atoms with van der Waals surface area (Å²) in [5.74, 6) is 0.400. The van der Waals surface area contributed by atoms with Gasteiger partial charge in [0, 0.05) is 5.56 Å². The normalized spacial score (nSPS) is 10.2. The van der Waals surface area contributed by atoms with Gasteiger partial charge < -0.3 is 0 Å². The third-order valence-electron chi connectivity index (χ3n) is 1.80. The molecule has 0 aliphatic heterocycles. The van der Waals surface area contributed by atoms with Gasteiger partial charge in [-0.1, -0.05) is 35.5 Å². The van der Waals surface area contributed by atoms with E-state index in [0.717, 1.165) is 17.0 Å². The van der Waals surface area contributed by atoms with Crippen LogP contribution in [0.3, 0.4) is 0 Å². The molecular formula is C9H8ClN3. The predicted molar refractivity (Wildman–Crippen MR) is 51.4 cm³/mol. The van der Waals surface area contributed by atoms with Crippen LogP contribution in [0, 0.1) is 0 Å². The summed E-state index contributed by atoms with van der Waals surface area (Å²) in [4.78, 5) is 0. The van der Waals surface area contributed by atoms with E-state index in [9.17, 15) is 0 Å². The first-order chi connectivity index (χ1) is 6.42. The Balaban J connectivity index is 2.47. The number of halogens is 1. The average Bonchev–Trinajstić information content (AvgIpc) is 2.67. The molecule has 13 heavy (non-hydrogen) atoms. The Morgan fingerprint density at radius 1 is 1.23 bits per heavy atom. The van der Waals surface area contributed by atoms with E-state index in [-0.39, 0.29) is 0 Å². The van der Waals surface area contributed by atoms with Gasteiger partial charge in [-0.15, -0.1) is 16.7 Å². The molecule has 66 valence electrons. The standard InChI is InChI=1S/C9H8ClN3/c10-6-8-9(12-13-11-8)7-4-2-1-3-5-7/h1-5H,6H2,(H,11,12,13). The maximum Gasteiger partial charge on any atom is 0.117 e. The van der Waals surface area contributed by atoms with Crippen LogP contribution in [0.25, 0.3) is 11.3 Å². The molecular weight excluding hydrogens is 186 g/mol. The molecule has 2 aromatic rings. The molecule has 1 heterocycles. The van der Waals surface area contributed by atoms with E-state index in [1.165, 1.54) is 0 Å². The largest absolute Gasteiger partial charge is 0.260 e. The highest BCUT2D eigenvalue weighted by Crippen LogP contribution is 2.19. The van der Waals surface area contributed by atoms with E-state index in [0.29, 0.717) is 5.88 Å². The highest BCUT2D eigenvalue weighted by atomic mass is 35.5. The summed E-state index contributed by atoms with van der Waals surface area (Å²) >= 11 is 5.71. The fourth-order valence-corrected chi connectivity index (χ4v) is 1.36. The minimum absolute atomic E-state index is 0.400. The van der Waals surface area contributed by atoms with Gasteiger partial charge in [0.15, 0.2) is 0 Å². The van der Waals surface area contributed by atoms with E-state index in [2.05, 4.69) is 15.4 Å². The Morgan fingerprint density at radius 3 is 2.69 bits per heavy atom. The Hall–Kier alpha value is -1.35. The lowest BCUT2D eigenvalue weighted by atomic mass is 10.1. The van der Waals surface area contributed by atoms with Crippen molar-refractivity contribution >= 4 is 11.6 Å². The van der Waals surface area contributed by atoms with Crippen LogP contribution in [0.4, 0.5) is 0 Å². The molecule has 0 fully saturated rings. The summed E-state index contributed by atoms with van der Waals surface area (Å²) in [5.41, 5.74) is 2.72. The van der Waals surface area contributed by atoms with Crippen molar-refractivity contribution in [3.05, 3.63) is 36.0 Å². The van der Waals surface area contributed by atoms with Crippen LogP contribution in [0.2, 0.25) is 0 Å². The van der Waals surface area contributed by atoms with Crippen molar-refractivity contribution in [2.45, 2.75) is 5.88 Å². The molecule has 0 spiro atoms. The number of rotatable bonds is 2. The van der Waals surface area contributed by atoms with Crippen molar-refractivity contribution in [1.29, 1.82) is 0 Å². The van der Waals surface area contributed by atoms with Crippen molar-refractivity contribution in [3.8, 4) is 11.3 Å². The van der Waals surface area contributed by atoms with Gasteiger partial charge >= 0.3 is 0 Å². The zero-order valence-electron chi connectivity index (χ0n) is 6.87. The van der Waals surface area contributed by atoms with Gasteiger partial charge in [0.1, 0.15) is 5.69 Å². The lowest BCUT2D eigenvalue weighted by Gasteiger charge is -1.96. The maximum atomic E-state index is 5.71. The summed E-state index contributed by atoms with van der Waals surface area (Å²) in [6.45, 7) is 0. The quantitative estimate of drug-likeness (QED) is 0.743. The number of alkyl halides is 1.